The highest BCUT2D eigenvalue weighted by Gasteiger charge is 2.13. The maximum Gasteiger partial charge on any atom is 0.334 e. The van der Waals surface area contributed by atoms with Gasteiger partial charge in [-0.1, -0.05) is 12.1 Å². The number of aryl methyl sites for hydroxylation is 1. The van der Waals surface area contributed by atoms with Gasteiger partial charge < -0.3 is 20.3 Å². The van der Waals surface area contributed by atoms with Crippen LogP contribution in [0, 0.1) is 6.92 Å². The summed E-state index contributed by atoms with van der Waals surface area (Å²) in [6, 6.07) is 7.61. The number of ether oxygens (including phenoxy) is 1. The molecule has 0 saturated carbocycles. The molecule has 0 heterocycles. The summed E-state index contributed by atoms with van der Waals surface area (Å²) in [7, 11) is 0. The van der Waals surface area contributed by atoms with Crippen molar-refractivity contribution in [2.75, 3.05) is 13.2 Å². The van der Waals surface area contributed by atoms with Gasteiger partial charge in [-0.2, -0.15) is 0 Å². The Kier molecular flexibility index (Phi) is 6.52. The third kappa shape index (κ3) is 6.19. The van der Waals surface area contributed by atoms with Crippen LogP contribution in [0.15, 0.2) is 24.3 Å². The van der Waals surface area contributed by atoms with Crippen LogP contribution in [-0.4, -0.2) is 41.3 Å². The fourth-order valence-electron chi connectivity index (χ4n) is 1.51. The lowest BCUT2D eigenvalue weighted by Gasteiger charge is -2.09. The Morgan fingerprint density at radius 1 is 1.40 bits per heavy atom. The zero-order valence-electron chi connectivity index (χ0n) is 11.3. The maximum absolute atomic E-state index is 11.4. The number of carbonyl (C=O) groups excluding carboxylic acids is 1. The lowest BCUT2D eigenvalue weighted by Crippen LogP contribution is -2.36. The Morgan fingerprint density at radius 2 is 2.15 bits per heavy atom. The monoisotopic (exact) mass is 281 g/mol. The standard InChI is InChI=1S/C14H19NO5/c1-10-4-2-5-11(8-10)20-7-3-6-13(17)15-9-12(16)14(18)19/h2,4-5,8,12,16H,3,6-7,9H2,1H3,(H,15,17)(H,18,19)/t12-/m0/s1. The van der Waals surface area contributed by atoms with Crippen molar-refractivity contribution in [3.63, 3.8) is 0 Å². The van der Waals surface area contributed by atoms with Gasteiger partial charge in [0, 0.05) is 6.42 Å². The summed E-state index contributed by atoms with van der Waals surface area (Å²) in [5.74, 6) is -0.905. The van der Waals surface area contributed by atoms with Gasteiger partial charge in [-0.25, -0.2) is 4.79 Å². The second-order valence-electron chi connectivity index (χ2n) is 4.43. The summed E-state index contributed by atoms with van der Waals surface area (Å²) in [6.07, 6.45) is -0.830. The zero-order valence-corrected chi connectivity index (χ0v) is 11.3. The number of carboxylic acids is 1. The van der Waals surface area contributed by atoms with Crippen LogP contribution in [0.25, 0.3) is 0 Å². The van der Waals surface area contributed by atoms with Gasteiger partial charge in [-0.3, -0.25) is 4.79 Å². The van der Waals surface area contributed by atoms with E-state index in [1.54, 1.807) is 0 Å². The molecule has 1 aromatic rings. The molecule has 6 heteroatoms. The summed E-state index contributed by atoms with van der Waals surface area (Å²) in [5, 5.41) is 19.8. The molecule has 1 amide bonds. The fraction of sp³-hybridized carbons (Fsp3) is 0.429. The maximum atomic E-state index is 11.4. The van der Waals surface area contributed by atoms with Gasteiger partial charge in [-0.05, 0) is 31.0 Å². The Labute approximate surface area is 117 Å². The second-order valence-corrected chi connectivity index (χ2v) is 4.43. The third-order valence-corrected chi connectivity index (χ3v) is 2.58. The molecule has 1 atom stereocenters. The molecule has 0 bridgehead atoms. The number of nitrogens with one attached hydrogen (secondary N) is 1. The minimum Gasteiger partial charge on any atom is -0.494 e. The Morgan fingerprint density at radius 3 is 2.80 bits per heavy atom. The van der Waals surface area contributed by atoms with Gasteiger partial charge in [0.15, 0.2) is 6.10 Å². The van der Waals surface area contributed by atoms with Crippen molar-refractivity contribution >= 4 is 11.9 Å². The van der Waals surface area contributed by atoms with Crippen molar-refractivity contribution in [2.45, 2.75) is 25.9 Å². The summed E-state index contributed by atoms with van der Waals surface area (Å²) in [5.41, 5.74) is 1.10. The van der Waals surface area contributed by atoms with E-state index in [0.29, 0.717) is 13.0 Å². The highest BCUT2D eigenvalue weighted by Crippen LogP contribution is 2.12. The van der Waals surface area contributed by atoms with E-state index in [4.69, 9.17) is 14.9 Å². The Balaban J connectivity index is 2.15. The predicted molar refractivity (Wildman–Crippen MR) is 72.6 cm³/mol. The molecule has 0 aliphatic rings. The van der Waals surface area contributed by atoms with Crippen molar-refractivity contribution < 1.29 is 24.5 Å². The third-order valence-electron chi connectivity index (χ3n) is 2.58. The number of aliphatic carboxylic acids is 1. The van der Waals surface area contributed by atoms with Gasteiger partial charge in [0.05, 0.1) is 13.2 Å². The van der Waals surface area contributed by atoms with Crippen LogP contribution in [-0.2, 0) is 9.59 Å². The average molecular weight is 281 g/mol. The smallest absolute Gasteiger partial charge is 0.334 e. The summed E-state index contributed by atoms with van der Waals surface area (Å²) < 4.78 is 5.48. The second kappa shape index (κ2) is 8.16. The SMILES string of the molecule is Cc1cccc(OCCCC(=O)NC[C@H](O)C(=O)O)c1. The molecule has 0 aromatic heterocycles. The molecular weight excluding hydrogens is 262 g/mol. The first-order valence-corrected chi connectivity index (χ1v) is 6.36. The first-order chi connectivity index (χ1) is 9.49. The van der Waals surface area contributed by atoms with Crippen LogP contribution >= 0.6 is 0 Å². The molecule has 20 heavy (non-hydrogen) atoms. The molecule has 6 nitrogen and oxygen atoms in total. The van der Waals surface area contributed by atoms with Gasteiger partial charge in [0.2, 0.25) is 5.91 Å². The normalized spacial score (nSPS) is 11.7. The topological polar surface area (TPSA) is 95.9 Å². The van der Waals surface area contributed by atoms with Crippen molar-refractivity contribution in [3.8, 4) is 5.75 Å². The van der Waals surface area contributed by atoms with Gasteiger partial charge in [0.25, 0.3) is 0 Å². The first-order valence-electron chi connectivity index (χ1n) is 6.36. The van der Waals surface area contributed by atoms with E-state index in [2.05, 4.69) is 5.32 Å². The van der Waals surface area contributed by atoms with E-state index in [0.717, 1.165) is 11.3 Å². The van der Waals surface area contributed by atoms with E-state index in [9.17, 15) is 9.59 Å². The number of rotatable bonds is 8. The van der Waals surface area contributed by atoms with Gasteiger partial charge in [0.1, 0.15) is 5.75 Å². The molecule has 0 saturated heterocycles. The van der Waals surface area contributed by atoms with Crippen molar-refractivity contribution in [3.05, 3.63) is 29.8 Å². The Bertz CT molecular complexity index is 461. The summed E-state index contributed by atoms with van der Waals surface area (Å²) in [6.45, 7) is 2.08. The number of amides is 1. The molecule has 1 aromatic carbocycles. The van der Waals surface area contributed by atoms with E-state index in [1.165, 1.54) is 0 Å². The average Bonchev–Trinajstić information content (AvgIpc) is 2.41. The number of benzene rings is 1. The molecule has 0 spiro atoms. The Hall–Kier alpha value is -2.08. The minimum absolute atomic E-state index is 0.220. The van der Waals surface area contributed by atoms with Crippen LogP contribution < -0.4 is 10.1 Å². The molecule has 0 radical (unpaired) electrons. The largest absolute Gasteiger partial charge is 0.494 e. The quantitative estimate of drug-likeness (QED) is 0.610. The van der Waals surface area contributed by atoms with Crippen LogP contribution in [0.4, 0.5) is 0 Å². The highest BCUT2D eigenvalue weighted by molar-refractivity contribution is 5.77. The highest BCUT2D eigenvalue weighted by atomic mass is 16.5. The summed E-state index contributed by atoms with van der Waals surface area (Å²) in [4.78, 5) is 21.7. The van der Waals surface area contributed by atoms with Crippen molar-refractivity contribution in [2.24, 2.45) is 0 Å². The minimum atomic E-state index is -1.57. The molecule has 3 N–H and O–H groups in total. The lowest BCUT2D eigenvalue weighted by molar-refractivity contribution is -0.146. The van der Waals surface area contributed by atoms with Crippen LogP contribution in [0.1, 0.15) is 18.4 Å². The number of aliphatic hydroxyl groups excluding tert-OH is 1. The molecular formula is C14H19NO5. The summed E-state index contributed by atoms with van der Waals surface area (Å²) >= 11 is 0. The number of hydrogen-bond donors (Lipinski definition) is 3. The van der Waals surface area contributed by atoms with Crippen molar-refractivity contribution in [1.29, 1.82) is 0 Å². The zero-order chi connectivity index (χ0) is 15.0. The van der Waals surface area contributed by atoms with Crippen LogP contribution in [0.2, 0.25) is 0 Å². The number of hydrogen-bond acceptors (Lipinski definition) is 4. The lowest BCUT2D eigenvalue weighted by atomic mass is 10.2. The molecule has 1 rings (SSSR count). The molecule has 0 aliphatic heterocycles. The van der Waals surface area contributed by atoms with Crippen LogP contribution in [0.3, 0.4) is 0 Å². The molecule has 0 aliphatic carbocycles. The first kappa shape index (κ1) is 16.0. The van der Waals surface area contributed by atoms with Gasteiger partial charge in [-0.15, -0.1) is 0 Å². The van der Waals surface area contributed by atoms with Crippen molar-refractivity contribution in [1.82, 2.24) is 5.32 Å². The van der Waals surface area contributed by atoms with Gasteiger partial charge >= 0.3 is 5.97 Å². The van der Waals surface area contributed by atoms with E-state index in [-0.39, 0.29) is 18.9 Å². The fourth-order valence-corrected chi connectivity index (χ4v) is 1.51. The van der Waals surface area contributed by atoms with E-state index < -0.39 is 12.1 Å². The number of aliphatic hydroxyl groups is 1. The van der Waals surface area contributed by atoms with Crippen LogP contribution in [0.5, 0.6) is 5.75 Å². The van der Waals surface area contributed by atoms with E-state index in [1.807, 2.05) is 31.2 Å². The number of carbonyl (C=O) groups is 2. The predicted octanol–water partition coefficient (Wildman–Crippen LogP) is 0.716. The molecule has 110 valence electrons. The number of carboxylic acid groups (broad SMARTS) is 1. The molecule has 0 fully saturated rings. The molecule has 0 unspecified atom stereocenters. The van der Waals surface area contributed by atoms with E-state index >= 15 is 0 Å².